The zero-order chi connectivity index (χ0) is 11.5. The number of pyridine rings is 1. The van der Waals surface area contributed by atoms with Gasteiger partial charge in [0.25, 0.3) is 11.8 Å². The second-order valence-corrected chi connectivity index (χ2v) is 3.28. The lowest BCUT2D eigenvalue weighted by Crippen LogP contribution is -2.16. The largest absolute Gasteiger partial charge is 0.505 e. The first kappa shape index (κ1) is 10.4. The van der Waals surface area contributed by atoms with Gasteiger partial charge in [0, 0.05) is 19.8 Å². The van der Waals surface area contributed by atoms with E-state index >= 15 is 0 Å². The summed E-state index contributed by atoms with van der Waals surface area (Å²) in [5.41, 5.74) is 0.297. The van der Waals surface area contributed by atoms with E-state index in [1.165, 1.54) is 6.07 Å². The van der Waals surface area contributed by atoms with Crippen molar-refractivity contribution in [2.45, 2.75) is 6.92 Å². The van der Waals surface area contributed by atoms with E-state index in [0.29, 0.717) is 11.6 Å². The maximum Gasteiger partial charge on any atom is 0.281 e. The molecule has 0 saturated carbocycles. The van der Waals surface area contributed by atoms with Gasteiger partial charge in [-0.2, -0.15) is 4.98 Å². The summed E-state index contributed by atoms with van der Waals surface area (Å²) in [5, 5.41) is 13.4. The van der Waals surface area contributed by atoms with Crippen LogP contribution in [0, 0.1) is 0 Å². The van der Waals surface area contributed by atoms with Gasteiger partial charge in [0.1, 0.15) is 5.75 Å². The van der Waals surface area contributed by atoms with Gasteiger partial charge in [0.15, 0.2) is 5.69 Å². The first-order valence-electron chi connectivity index (χ1n) is 4.91. The summed E-state index contributed by atoms with van der Waals surface area (Å²) >= 11 is 0. The fraction of sp³-hybridized carbons (Fsp3) is 0.300. The number of rotatable bonds is 3. The Morgan fingerprint density at radius 2 is 2.31 bits per heavy atom. The first-order chi connectivity index (χ1) is 7.72. The predicted molar refractivity (Wildman–Crippen MR) is 58.1 cm³/mol. The summed E-state index contributed by atoms with van der Waals surface area (Å²) in [6.07, 6.45) is 1.56. The van der Waals surface area contributed by atoms with E-state index in [0.717, 1.165) is 6.54 Å². The monoisotopic (exact) mass is 220 g/mol. The van der Waals surface area contributed by atoms with Crippen molar-refractivity contribution >= 4 is 5.95 Å². The van der Waals surface area contributed by atoms with E-state index in [1.807, 2.05) is 18.9 Å². The van der Waals surface area contributed by atoms with Gasteiger partial charge in [0.2, 0.25) is 0 Å². The number of nitrogens with zero attached hydrogens (tertiary/aromatic N) is 4. The zero-order valence-corrected chi connectivity index (χ0v) is 9.08. The zero-order valence-electron chi connectivity index (χ0n) is 9.08. The van der Waals surface area contributed by atoms with E-state index in [2.05, 4.69) is 15.1 Å². The Hall–Kier alpha value is -2.11. The van der Waals surface area contributed by atoms with E-state index in [4.69, 9.17) is 4.52 Å². The molecule has 0 aliphatic heterocycles. The molecule has 0 aliphatic rings. The molecule has 0 bridgehead atoms. The van der Waals surface area contributed by atoms with Gasteiger partial charge < -0.3 is 14.5 Å². The lowest BCUT2D eigenvalue weighted by molar-refractivity contribution is 0.421. The molecule has 1 N–H and O–H groups in total. The molecule has 0 saturated heterocycles. The highest BCUT2D eigenvalue weighted by molar-refractivity contribution is 5.57. The number of aromatic nitrogens is 3. The maximum absolute atomic E-state index is 9.57. The van der Waals surface area contributed by atoms with Crippen LogP contribution in [0.5, 0.6) is 5.75 Å². The summed E-state index contributed by atoms with van der Waals surface area (Å²) in [7, 11) is 1.85. The number of aromatic hydroxyl groups is 1. The lowest BCUT2D eigenvalue weighted by Gasteiger charge is -2.08. The second-order valence-electron chi connectivity index (χ2n) is 3.28. The Bertz CT molecular complexity index is 483. The smallest absolute Gasteiger partial charge is 0.281 e. The third-order valence-electron chi connectivity index (χ3n) is 2.22. The molecule has 0 fully saturated rings. The Kier molecular flexibility index (Phi) is 2.72. The molecule has 2 rings (SSSR count). The van der Waals surface area contributed by atoms with Crippen LogP contribution in [0.4, 0.5) is 5.95 Å². The van der Waals surface area contributed by atoms with Crippen molar-refractivity contribution in [1.82, 2.24) is 15.1 Å². The van der Waals surface area contributed by atoms with Crippen molar-refractivity contribution in [1.29, 1.82) is 0 Å². The third-order valence-corrected chi connectivity index (χ3v) is 2.22. The van der Waals surface area contributed by atoms with Crippen LogP contribution in [0.3, 0.4) is 0 Å². The predicted octanol–water partition coefficient (Wildman–Crippen LogP) is 1.29. The minimum absolute atomic E-state index is 0.0249. The highest BCUT2D eigenvalue weighted by Crippen LogP contribution is 2.25. The standard InChI is InChI=1S/C10H12N4O2/c1-3-14(2)10-12-9(16-13-10)8-7(15)5-4-6-11-8/h4-6,15H,3H2,1-2H3. The Labute approximate surface area is 92.5 Å². The molecule has 6 heteroatoms. The molecule has 2 heterocycles. The number of hydrogen-bond donors (Lipinski definition) is 1. The Morgan fingerprint density at radius 3 is 3.00 bits per heavy atom. The van der Waals surface area contributed by atoms with Crippen LogP contribution in [-0.4, -0.2) is 33.8 Å². The van der Waals surface area contributed by atoms with Gasteiger partial charge in [-0.25, -0.2) is 4.98 Å². The maximum atomic E-state index is 9.57. The molecule has 2 aromatic rings. The minimum atomic E-state index is 0.0249. The third kappa shape index (κ3) is 1.81. The summed E-state index contributed by atoms with van der Waals surface area (Å²) in [5.74, 6) is 0.716. The molecule has 0 amide bonds. The normalized spacial score (nSPS) is 10.4. The average Bonchev–Trinajstić information content (AvgIpc) is 2.78. The fourth-order valence-corrected chi connectivity index (χ4v) is 1.17. The SMILES string of the molecule is CCN(C)c1noc(-c2ncccc2O)n1. The molecule has 0 aliphatic carbocycles. The van der Waals surface area contributed by atoms with E-state index in [-0.39, 0.29) is 11.6 Å². The van der Waals surface area contributed by atoms with Crippen LogP contribution in [0.15, 0.2) is 22.9 Å². The van der Waals surface area contributed by atoms with Crippen molar-refractivity contribution in [3.8, 4) is 17.3 Å². The van der Waals surface area contributed by atoms with Crippen LogP contribution in [0.1, 0.15) is 6.92 Å². The van der Waals surface area contributed by atoms with Crippen LogP contribution in [-0.2, 0) is 0 Å². The average molecular weight is 220 g/mol. The summed E-state index contributed by atoms with van der Waals surface area (Å²) in [6.45, 7) is 2.75. The molecule has 6 nitrogen and oxygen atoms in total. The van der Waals surface area contributed by atoms with Crippen LogP contribution in [0.25, 0.3) is 11.6 Å². The molecular formula is C10H12N4O2. The van der Waals surface area contributed by atoms with Gasteiger partial charge in [-0.05, 0) is 24.2 Å². The second kappa shape index (κ2) is 4.18. The molecule has 0 unspecified atom stereocenters. The molecule has 2 aromatic heterocycles. The number of hydrogen-bond acceptors (Lipinski definition) is 6. The molecular weight excluding hydrogens is 208 g/mol. The molecule has 16 heavy (non-hydrogen) atoms. The van der Waals surface area contributed by atoms with Crippen molar-refractivity contribution in [2.75, 3.05) is 18.5 Å². The van der Waals surface area contributed by atoms with E-state index in [1.54, 1.807) is 12.3 Å². The van der Waals surface area contributed by atoms with Gasteiger partial charge in [-0.1, -0.05) is 0 Å². The highest BCUT2D eigenvalue weighted by Gasteiger charge is 2.15. The van der Waals surface area contributed by atoms with E-state index < -0.39 is 0 Å². The van der Waals surface area contributed by atoms with Gasteiger partial charge in [0.05, 0.1) is 0 Å². The molecule has 84 valence electrons. The highest BCUT2D eigenvalue weighted by atomic mass is 16.5. The van der Waals surface area contributed by atoms with Crippen molar-refractivity contribution in [3.05, 3.63) is 18.3 Å². The summed E-state index contributed by atoms with van der Waals surface area (Å²) < 4.78 is 5.03. The first-order valence-corrected chi connectivity index (χ1v) is 4.91. The van der Waals surface area contributed by atoms with Crippen LogP contribution >= 0.6 is 0 Å². The van der Waals surface area contributed by atoms with Crippen molar-refractivity contribution < 1.29 is 9.63 Å². The Balaban J connectivity index is 2.35. The van der Waals surface area contributed by atoms with E-state index in [9.17, 15) is 5.11 Å². The quantitative estimate of drug-likeness (QED) is 0.840. The lowest BCUT2D eigenvalue weighted by atomic mass is 10.3. The topological polar surface area (TPSA) is 75.3 Å². The molecule has 0 aromatic carbocycles. The van der Waals surface area contributed by atoms with Crippen LogP contribution in [0.2, 0.25) is 0 Å². The fourth-order valence-electron chi connectivity index (χ4n) is 1.17. The summed E-state index contributed by atoms with van der Waals surface area (Å²) in [4.78, 5) is 9.95. The summed E-state index contributed by atoms with van der Waals surface area (Å²) in [6, 6.07) is 3.16. The van der Waals surface area contributed by atoms with Crippen LogP contribution < -0.4 is 4.90 Å². The number of anilines is 1. The van der Waals surface area contributed by atoms with Crippen molar-refractivity contribution in [3.63, 3.8) is 0 Å². The Morgan fingerprint density at radius 1 is 1.50 bits per heavy atom. The molecule has 0 radical (unpaired) electrons. The van der Waals surface area contributed by atoms with Crippen molar-refractivity contribution in [2.24, 2.45) is 0 Å². The van der Waals surface area contributed by atoms with Gasteiger partial charge in [-0.3, -0.25) is 0 Å². The van der Waals surface area contributed by atoms with Gasteiger partial charge >= 0.3 is 0 Å². The minimum Gasteiger partial charge on any atom is -0.505 e. The molecule has 0 spiro atoms. The van der Waals surface area contributed by atoms with Gasteiger partial charge in [-0.15, -0.1) is 0 Å². The molecule has 0 atom stereocenters.